The zero-order valence-corrected chi connectivity index (χ0v) is 19.0. The molecule has 2 aliphatic rings. The van der Waals surface area contributed by atoms with Crippen molar-refractivity contribution in [1.82, 2.24) is 5.32 Å². The topological polar surface area (TPSA) is 116 Å². The van der Waals surface area contributed by atoms with Gasteiger partial charge in [-0.25, -0.2) is 0 Å². The number of nitriles is 1. The minimum atomic E-state index is -0.593. The van der Waals surface area contributed by atoms with Crippen LogP contribution in [0.1, 0.15) is 40.8 Å². The molecule has 1 fully saturated rings. The number of nitrogens with one attached hydrogen (secondary N) is 2. The first-order chi connectivity index (χ1) is 15.6. The molecule has 1 saturated heterocycles. The Hall–Kier alpha value is -3.16. The van der Waals surface area contributed by atoms with E-state index < -0.39 is 5.25 Å². The van der Waals surface area contributed by atoms with Crippen molar-refractivity contribution in [3.8, 4) is 11.8 Å². The summed E-state index contributed by atoms with van der Waals surface area (Å²) in [7, 11) is 1.60. The van der Waals surface area contributed by atoms with E-state index in [0.717, 1.165) is 42.6 Å². The first kappa shape index (κ1) is 22.0. The number of ether oxygens (including phenoxy) is 1. The van der Waals surface area contributed by atoms with Gasteiger partial charge < -0.3 is 15.4 Å². The fraction of sp³-hybridized carbons (Fsp3) is 0.318. The molecule has 8 nitrogen and oxygen atoms in total. The van der Waals surface area contributed by atoms with E-state index >= 15 is 0 Å². The average molecular weight is 468 g/mol. The highest BCUT2D eigenvalue weighted by molar-refractivity contribution is 8.15. The number of hydrogen-bond donors (Lipinski definition) is 2. The molecule has 164 valence electrons. The minimum Gasteiger partial charge on any atom is -0.497 e. The van der Waals surface area contributed by atoms with Crippen LogP contribution in [0, 0.1) is 11.3 Å². The van der Waals surface area contributed by atoms with Crippen LogP contribution in [0.25, 0.3) is 0 Å². The van der Waals surface area contributed by atoms with Crippen molar-refractivity contribution >= 4 is 51.3 Å². The van der Waals surface area contributed by atoms with Gasteiger partial charge in [-0.2, -0.15) is 10.4 Å². The maximum absolute atomic E-state index is 12.6. The number of thiophene rings is 1. The van der Waals surface area contributed by atoms with E-state index in [9.17, 15) is 14.9 Å². The second-order valence-corrected chi connectivity index (χ2v) is 9.59. The zero-order valence-electron chi connectivity index (χ0n) is 17.4. The van der Waals surface area contributed by atoms with Crippen LogP contribution >= 0.6 is 23.1 Å². The number of carbonyl (C=O) groups is 2. The molecule has 2 amide bonds. The summed E-state index contributed by atoms with van der Waals surface area (Å²) >= 11 is 2.64. The van der Waals surface area contributed by atoms with Crippen molar-refractivity contribution in [3.05, 3.63) is 45.8 Å². The molecule has 1 atom stereocenters. The Kier molecular flexibility index (Phi) is 6.87. The van der Waals surface area contributed by atoms with Gasteiger partial charge >= 0.3 is 0 Å². The summed E-state index contributed by atoms with van der Waals surface area (Å²) in [6.07, 6.45) is 5.55. The van der Waals surface area contributed by atoms with Gasteiger partial charge in [-0.3, -0.25) is 9.59 Å². The van der Waals surface area contributed by atoms with Gasteiger partial charge in [-0.1, -0.05) is 11.8 Å². The summed E-state index contributed by atoms with van der Waals surface area (Å²) in [6.45, 7) is 0. The molecular weight excluding hydrogens is 446 g/mol. The van der Waals surface area contributed by atoms with E-state index in [0.29, 0.717) is 15.7 Å². The predicted molar refractivity (Wildman–Crippen MR) is 126 cm³/mol. The van der Waals surface area contributed by atoms with Crippen molar-refractivity contribution in [2.24, 2.45) is 10.2 Å². The lowest BCUT2D eigenvalue weighted by atomic mass is 9.96. The van der Waals surface area contributed by atoms with E-state index in [4.69, 9.17) is 4.74 Å². The maximum Gasteiger partial charge on any atom is 0.240 e. The molecule has 1 aromatic heterocycles. The van der Waals surface area contributed by atoms with E-state index in [1.807, 2.05) is 24.3 Å². The van der Waals surface area contributed by atoms with Gasteiger partial charge in [-0.15, -0.1) is 16.4 Å². The molecule has 0 radical (unpaired) electrons. The molecule has 1 aliphatic heterocycles. The molecule has 2 heterocycles. The second kappa shape index (κ2) is 9.97. The Balaban J connectivity index is 1.35. The van der Waals surface area contributed by atoms with Gasteiger partial charge in [0, 0.05) is 11.3 Å². The molecule has 1 aliphatic carbocycles. The third-order valence-electron chi connectivity index (χ3n) is 5.15. The largest absolute Gasteiger partial charge is 0.497 e. The first-order valence-corrected chi connectivity index (χ1v) is 11.8. The van der Waals surface area contributed by atoms with Crippen LogP contribution in [0.3, 0.4) is 0 Å². The van der Waals surface area contributed by atoms with E-state index in [2.05, 4.69) is 26.9 Å². The van der Waals surface area contributed by atoms with Gasteiger partial charge in [0.25, 0.3) is 0 Å². The normalized spacial score (nSPS) is 18.9. The number of thioether (sulfide) groups is 1. The highest BCUT2D eigenvalue weighted by atomic mass is 32.2. The summed E-state index contributed by atoms with van der Waals surface area (Å²) in [6, 6.07) is 9.55. The molecule has 1 unspecified atom stereocenters. The summed E-state index contributed by atoms with van der Waals surface area (Å²) in [5.74, 6) is 0.170. The standard InChI is InChI=1S/C22H21N5O3S2/c1-30-14-8-6-13(7-9-14)12-24-27-22-26-20(29)18(32-22)10-19(28)25-21-16(11-23)15-4-2-3-5-17(15)31-21/h6-9,12,18H,2-5,10H2,1H3,(H,25,28)(H,26,27,29). The lowest BCUT2D eigenvalue weighted by molar-refractivity contribution is -0.122. The minimum absolute atomic E-state index is 0.00878. The Bertz CT molecular complexity index is 1130. The second-order valence-electron chi connectivity index (χ2n) is 7.30. The van der Waals surface area contributed by atoms with Crippen LogP contribution in [-0.4, -0.2) is 35.6 Å². The summed E-state index contributed by atoms with van der Waals surface area (Å²) in [4.78, 5) is 26.0. The van der Waals surface area contributed by atoms with Crippen molar-refractivity contribution in [2.45, 2.75) is 37.4 Å². The number of fused-ring (bicyclic) bond motifs is 1. The fourth-order valence-electron chi connectivity index (χ4n) is 3.54. The third-order valence-corrected chi connectivity index (χ3v) is 7.43. The maximum atomic E-state index is 12.6. The molecular formula is C22H21N5O3S2. The number of rotatable bonds is 6. The number of benzene rings is 1. The van der Waals surface area contributed by atoms with Crippen LogP contribution in [-0.2, 0) is 22.4 Å². The van der Waals surface area contributed by atoms with Gasteiger partial charge in [0.1, 0.15) is 22.1 Å². The highest BCUT2D eigenvalue weighted by Crippen LogP contribution is 2.37. The van der Waals surface area contributed by atoms with E-state index in [-0.39, 0.29) is 18.2 Å². The van der Waals surface area contributed by atoms with Crippen molar-refractivity contribution in [3.63, 3.8) is 0 Å². The summed E-state index contributed by atoms with van der Waals surface area (Å²) in [5.41, 5.74) is 2.47. The number of hydrogen-bond acceptors (Lipinski definition) is 8. The van der Waals surface area contributed by atoms with Gasteiger partial charge in [0.05, 0.1) is 18.9 Å². The number of aryl methyl sites for hydroxylation is 1. The Labute approximate surface area is 193 Å². The number of carbonyl (C=O) groups excluding carboxylic acids is 2. The van der Waals surface area contributed by atoms with E-state index in [1.165, 1.54) is 28.0 Å². The molecule has 0 spiro atoms. The Morgan fingerprint density at radius 2 is 2.12 bits per heavy atom. The predicted octanol–water partition coefficient (Wildman–Crippen LogP) is 3.46. The van der Waals surface area contributed by atoms with Gasteiger partial charge in [0.15, 0.2) is 5.17 Å². The highest BCUT2D eigenvalue weighted by Gasteiger charge is 2.33. The monoisotopic (exact) mass is 467 g/mol. The Morgan fingerprint density at radius 3 is 2.88 bits per heavy atom. The molecule has 1 aromatic carbocycles. The quantitative estimate of drug-likeness (QED) is 0.499. The fourth-order valence-corrected chi connectivity index (χ4v) is 5.72. The molecule has 2 aromatic rings. The van der Waals surface area contributed by atoms with Crippen LogP contribution in [0.15, 0.2) is 34.5 Å². The molecule has 32 heavy (non-hydrogen) atoms. The lowest BCUT2D eigenvalue weighted by Crippen LogP contribution is -2.28. The van der Waals surface area contributed by atoms with Crippen molar-refractivity contribution in [1.29, 1.82) is 5.26 Å². The van der Waals surface area contributed by atoms with Gasteiger partial charge in [-0.05, 0) is 61.1 Å². The van der Waals surface area contributed by atoms with Crippen LogP contribution in [0.5, 0.6) is 5.75 Å². The average Bonchev–Trinajstić information content (AvgIpc) is 3.32. The zero-order chi connectivity index (χ0) is 22.5. The molecule has 4 rings (SSSR count). The number of nitrogens with zero attached hydrogens (tertiary/aromatic N) is 3. The summed E-state index contributed by atoms with van der Waals surface area (Å²) in [5, 5.41) is 23.4. The van der Waals surface area contributed by atoms with E-state index in [1.54, 1.807) is 13.3 Å². The Morgan fingerprint density at radius 1 is 1.34 bits per heavy atom. The lowest BCUT2D eigenvalue weighted by Gasteiger charge is -2.09. The molecule has 0 bridgehead atoms. The van der Waals surface area contributed by atoms with Gasteiger partial charge in [0.2, 0.25) is 11.8 Å². The molecule has 2 N–H and O–H groups in total. The van der Waals surface area contributed by atoms with Crippen molar-refractivity contribution < 1.29 is 14.3 Å². The third kappa shape index (κ3) is 5.00. The number of amides is 2. The number of methoxy groups -OCH3 is 1. The van der Waals surface area contributed by atoms with Crippen LogP contribution in [0.4, 0.5) is 5.00 Å². The van der Waals surface area contributed by atoms with Crippen LogP contribution < -0.4 is 15.4 Å². The smallest absolute Gasteiger partial charge is 0.240 e. The summed E-state index contributed by atoms with van der Waals surface area (Å²) < 4.78 is 5.11. The first-order valence-electron chi connectivity index (χ1n) is 10.1. The van der Waals surface area contributed by atoms with Crippen molar-refractivity contribution in [2.75, 3.05) is 12.4 Å². The molecule has 0 saturated carbocycles. The number of amidine groups is 1. The van der Waals surface area contributed by atoms with Crippen LogP contribution in [0.2, 0.25) is 0 Å². The number of anilines is 1. The SMILES string of the molecule is COc1ccc(C=N/N=C2\NC(=O)C(CC(=O)Nc3sc4c(c3C#N)CCCC4)S2)cc1. The molecule has 10 heteroatoms.